The number of furan rings is 1. The zero-order valence-electron chi connectivity index (χ0n) is 10.0. The maximum Gasteiger partial charge on any atom is 0.122 e. The van der Waals surface area contributed by atoms with Crippen LogP contribution in [0, 0.1) is 0 Å². The molecule has 96 valence electrons. The molecule has 0 aliphatic carbocycles. The standard InChI is InChI=1S/C14H15ClO3/c1-10(14(16)9-12-6-3-7-17-12)18-13-5-2-4-11(15)8-13/h2-8,10,14,16H,9H2,1H3. The van der Waals surface area contributed by atoms with Gasteiger partial charge >= 0.3 is 0 Å². The van der Waals surface area contributed by atoms with Crippen LogP contribution in [0.5, 0.6) is 5.75 Å². The molecule has 2 unspecified atom stereocenters. The second-order valence-corrected chi connectivity index (χ2v) is 4.57. The Morgan fingerprint density at radius 1 is 1.33 bits per heavy atom. The molecule has 0 saturated carbocycles. The molecule has 2 atom stereocenters. The molecule has 0 amide bonds. The Labute approximate surface area is 111 Å². The third-order valence-corrected chi connectivity index (χ3v) is 2.89. The largest absolute Gasteiger partial charge is 0.488 e. The highest BCUT2D eigenvalue weighted by Gasteiger charge is 2.17. The Balaban J connectivity index is 1.93. The first kappa shape index (κ1) is 13.0. The fourth-order valence-corrected chi connectivity index (χ4v) is 1.81. The van der Waals surface area contributed by atoms with Crippen LogP contribution in [0.2, 0.25) is 5.02 Å². The van der Waals surface area contributed by atoms with Gasteiger partial charge in [0.05, 0.1) is 12.4 Å². The second-order valence-electron chi connectivity index (χ2n) is 4.13. The molecule has 1 heterocycles. The molecular formula is C14H15ClO3. The molecule has 0 fully saturated rings. The first-order chi connectivity index (χ1) is 8.65. The van der Waals surface area contributed by atoms with E-state index in [-0.39, 0.29) is 6.10 Å². The van der Waals surface area contributed by atoms with E-state index in [1.807, 2.05) is 25.1 Å². The van der Waals surface area contributed by atoms with Gasteiger partial charge in [-0.3, -0.25) is 0 Å². The minimum atomic E-state index is -0.630. The van der Waals surface area contributed by atoms with Crippen LogP contribution in [0.4, 0.5) is 0 Å². The number of rotatable bonds is 5. The van der Waals surface area contributed by atoms with Gasteiger partial charge in [-0.25, -0.2) is 0 Å². The van der Waals surface area contributed by atoms with Crippen molar-refractivity contribution in [3.8, 4) is 5.75 Å². The van der Waals surface area contributed by atoms with Gasteiger partial charge in [0.2, 0.25) is 0 Å². The van der Waals surface area contributed by atoms with E-state index in [0.29, 0.717) is 17.2 Å². The van der Waals surface area contributed by atoms with Gasteiger partial charge in [0.1, 0.15) is 17.6 Å². The lowest BCUT2D eigenvalue weighted by molar-refractivity contribution is 0.0445. The number of benzene rings is 1. The molecule has 0 aliphatic rings. The van der Waals surface area contributed by atoms with E-state index < -0.39 is 6.10 Å². The summed E-state index contributed by atoms with van der Waals surface area (Å²) >= 11 is 5.87. The summed E-state index contributed by atoms with van der Waals surface area (Å²) in [4.78, 5) is 0. The van der Waals surface area contributed by atoms with E-state index in [2.05, 4.69) is 0 Å². The van der Waals surface area contributed by atoms with E-state index in [0.717, 1.165) is 5.76 Å². The van der Waals surface area contributed by atoms with Crippen molar-refractivity contribution in [3.05, 3.63) is 53.4 Å². The normalized spacial score (nSPS) is 14.2. The number of halogens is 1. The highest BCUT2D eigenvalue weighted by molar-refractivity contribution is 6.30. The van der Waals surface area contributed by atoms with Crippen LogP contribution >= 0.6 is 11.6 Å². The lowest BCUT2D eigenvalue weighted by Gasteiger charge is -2.19. The van der Waals surface area contributed by atoms with Crippen LogP contribution < -0.4 is 4.74 Å². The summed E-state index contributed by atoms with van der Waals surface area (Å²) in [6.07, 6.45) is 1.04. The number of hydrogen-bond donors (Lipinski definition) is 1. The van der Waals surface area contributed by atoms with Crippen molar-refractivity contribution in [2.24, 2.45) is 0 Å². The molecule has 2 aromatic rings. The quantitative estimate of drug-likeness (QED) is 0.903. The zero-order chi connectivity index (χ0) is 13.0. The highest BCUT2D eigenvalue weighted by Crippen LogP contribution is 2.19. The average molecular weight is 267 g/mol. The molecular weight excluding hydrogens is 252 g/mol. The number of aliphatic hydroxyl groups excluding tert-OH is 1. The van der Waals surface area contributed by atoms with Crippen LogP contribution in [0.25, 0.3) is 0 Å². The third kappa shape index (κ3) is 3.52. The Kier molecular flexibility index (Phi) is 4.28. The zero-order valence-corrected chi connectivity index (χ0v) is 10.8. The van der Waals surface area contributed by atoms with E-state index >= 15 is 0 Å². The lowest BCUT2D eigenvalue weighted by Crippen LogP contribution is -2.30. The van der Waals surface area contributed by atoms with Gasteiger partial charge in [-0.05, 0) is 37.3 Å². The van der Waals surface area contributed by atoms with Crippen LogP contribution in [0.1, 0.15) is 12.7 Å². The molecule has 0 radical (unpaired) electrons. The Morgan fingerprint density at radius 3 is 2.83 bits per heavy atom. The number of hydrogen-bond acceptors (Lipinski definition) is 3. The molecule has 3 nitrogen and oxygen atoms in total. The van der Waals surface area contributed by atoms with Crippen molar-refractivity contribution in [2.45, 2.75) is 25.6 Å². The van der Waals surface area contributed by atoms with Gasteiger partial charge in [0.15, 0.2) is 0 Å². The molecule has 0 spiro atoms. The van der Waals surface area contributed by atoms with Crippen LogP contribution in [-0.4, -0.2) is 17.3 Å². The highest BCUT2D eigenvalue weighted by atomic mass is 35.5. The summed E-state index contributed by atoms with van der Waals surface area (Å²) in [5, 5.41) is 10.6. The molecule has 0 saturated heterocycles. The molecule has 1 aromatic heterocycles. The van der Waals surface area contributed by atoms with E-state index in [1.54, 1.807) is 24.5 Å². The van der Waals surface area contributed by atoms with Gasteiger partial charge in [0.25, 0.3) is 0 Å². The van der Waals surface area contributed by atoms with Gasteiger partial charge < -0.3 is 14.3 Å². The summed E-state index contributed by atoms with van der Waals surface area (Å²) in [6, 6.07) is 10.7. The van der Waals surface area contributed by atoms with E-state index in [4.69, 9.17) is 20.8 Å². The van der Waals surface area contributed by atoms with Crippen molar-refractivity contribution in [1.82, 2.24) is 0 Å². The van der Waals surface area contributed by atoms with Crippen LogP contribution in [-0.2, 0) is 6.42 Å². The topological polar surface area (TPSA) is 42.6 Å². The van der Waals surface area contributed by atoms with Crippen molar-refractivity contribution >= 4 is 11.6 Å². The molecule has 4 heteroatoms. The first-order valence-corrected chi connectivity index (χ1v) is 6.15. The second kappa shape index (κ2) is 5.94. The van der Waals surface area contributed by atoms with Crippen molar-refractivity contribution in [2.75, 3.05) is 0 Å². The molecule has 0 aliphatic heterocycles. The number of ether oxygens (including phenoxy) is 1. The fourth-order valence-electron chi connectivity index (χ4n) is 1.63. The minimum absolute atomic E-state index is 0.339. The Hall–Kier alpha value is -1.45. The van der Waals surface area contributed by atoms with Gasteiger partial charge in [-0.2, -0.15) is 0 Å². The maximum absolute atomic E-state index is 10.0. The smallest absolute Gasteiger partial charge is 0.122 e. The summed E-state index contributed by atoms with van der Waals surface area (Å²) in [7, 11) is 0. The molecule has 1 N–H and O–H groups in total. The molecule has 1 aromatic carbocycles. The average Bonchev–Trinajstić information content (AvgIpc) is 2.81. The van der Waals surface area contributed by atoms with Crippen molar-refractivity contribution in [1.29, 1.82) is 0 Å². The first-order valence-electron chi connectivity index (χ1n) is 5.78. The lowest BCUT2D eigenvalue weighted by atomic mass is 10.1. The predicted molar refractivity (Wildman–Crippen MR) is 70.0 cm³/mol. The summed E-state index contributed by atoms with van der Waals surface area (Å²) in [6.45, 7) is 1.81. The summed E-state index contributed by atoms with van der Waals surface area (Å²) < 4.78 is 10.8. The fraction of sp³-hybridized carbons (Fsp3) is 0.286. The molecule has 18 heavy (non-hydrogen) atoms. The Morgan fingerprint density at radius 2 is 2.17 bits per heavy atom. The molecule has 2 rings (SSSR count). The predicted octanol–water partition coefficient (Wildman–Crippen LogP) is 3.30. The van der Waals surface area contributed by atoms with Gasteiger partial charge in [-0.1, -0.05) is 17.7 Å². The van der Waals surface area contributed by atoms with Crippen LogP contribution in [0.3, 0.4) is 0 Å². The number of aliphatic hydroxyl groups is 1. The van der Waals surface area contributed by atoms with Crippen molar-refractivity contribution < 1.29 is 14.3 Å². The summed E-state index contributed by atoms with van der Waals surface area (Å²) in [5.41, 5.74) is 0. The maximum atomic E-state index is 10.0. The van der Waals surface area contributed by atoms with Gasteiger partial charge in [-0.15, -0.1) is 0 Å². The van der Waals surface area contributed by atoms with Crippen molar-refractivity contribution in [3.63, 3.8) is 0 Å². The SMILES string of the molecule is CC(Oc1cccc(Cl)c1)C(O)Cc1ccco1. The minimum Gasteiger partial charge on any atom is -0.488 e. The Bertz CT molecular complexity index is 482. The van der Waals surface area contributed by atoms with E-state index in [1.165, 1.54) is 0 Å². The monoisotopic (exact) mass is 266 g/mol. The summed E-state index contributed by atoms with van der Waals surface area (Å²) in [5.74, 6) is 1.39. The van der Waals surface area contributed by atoms with Crippen LogP contribution in [0.15, 0.2) is 47.1 Å². The molecule has 0 bridgehead atoms. The third-order valence-electron chi connectivity index (χ3n) is 2.65. The van der Waals surface area contributed by atoms with E-state index in [9.17, 15) is 5.11 Å². The van der Waals surface area contributed by atoms with Gasteiger partial charge in [0, 0.05) is 11.4 Å².